The molecular formula is C19H33N5O4. The van der Waals surface area contributed by atoms with Crippen LogP contribution in [0.15, 0.2) is 0 Å². The number of piperazine rings is 1. The first-order valence-electron chi connectivity index (χ1n) is 10.5. The summed E-state index contributed by atoms with van der Waals surface area (Å²) in [5.41, 5.74) is 5.57. The maximum absolute atomic E-state index is 13.0. The van der Waals surface area contributed by atoms with E-state index in [4.69, 9.17) is 10.5 Å². The van der Waals surface area contributed by atoms with Gasteiger partial charge in [-0.25, -0.2) is 4.79 Å². The van der Waals surface area contributed by atoms with E-state index in [-0.39, 0.29) is 11.9 Å². The highest BCUT2D eigenvalue weighted by Gasteiger charge is 2.36. The number of amides is 4. The van der Waals surface area contributed by atoms with Crippen LogP contribution in [0.5, 0.6) is 0 Å². The van der Waals surface area contributed by atoms with E-state index < -0.39 is 18.0 Å². The van der Waals surface area contributed by atoms with Gasteiger partial charge >= 0.3 is 6.03 Å². The van der Waals surface area contributed by atoms with Crippen molar-refractivity contribution in [1.82, 2.24) is 20.4 Å². The van der Waals surface area contributed by atoms with E-state index in [2.05, 4.69) is 10.6 Å². The Morgan fingerprint density at radius 2 is 1.82 bits per heavy atom. The van der Waals surface area contributed by atoms with Gasteiger partial charge in [0.25, 0.3) is 0 Å². The fourth-order valence-corrected chi connectivity index (χ4v) is 4.37. The second kappa shape index (κ2) is 10.1. The Balaban J connectivity index is 1.61. The number of primary amides is 1. The Morgan fingerprint density at radius 3 is 2.50 bits per heavy atom. The molecule has 9 nitrogen and oxygen atoms in total. The normalized spacial score (nSPS) is 25.2. The zero-order valence-electron chi connectivity index (χ0n) is 16.5. The summed E-state index contributed by atoms with van der Waals surface area (Å²) in [5, 5.41) is 6.00. The average Bonchev–Trinajstić information content (AvgIpc) is 2.74. The maximum atomic E-state index is 13.0. The quantitative estimate of drug-likeness (QED) is 0.588. The molecule has 158 valence electrons. The molecule has 0 spiro atoms. The number of hydrogen-bond acceptors (Lipinski definition) is 5. The van der Waals surface area contributed by atoms with E-state index in [0.717, 1.165) is 12.8 Å². The standard InChI is InChI=1S/C19H33N5O4/c20-17(25)15(12-14-4-2-1-3-5-14)22-18(26)16-13-21-6-7-24(16)19(27)23-8-10-28-11-9-23/h14-16,21H,1-13H2,(H2,20,25)(H,22,26). The SMILES string of the molecule is NC(=O)C(CC1CCCCC1)NC(=O)C1CNCCN1C(=O)N1CCOCC1. The number of ether oxygens (including phenoxy) is 1. The molecule has 3 aliphatic rings. The minimum Gasteiger partial charge on any atom is -0.378 e. The molecular weight excluding hydrogens is 362 g/mol. The number of carbonyl (C=O) groups excluding carboxylic acids is 3. The fourth-order valence-electron chi connectivity index (χ4n) is 4.37. The van der Waals surface area contributed by atoms with Gasteiger partial charge in [0, 0.05) is 32.7 Å². The fraction of sp³-hybridized carbons (Fsp3) is 0.842. The van der Waals surface area contributed by atoms with Gasteiger partial charge in [0.15, 0.2) is 0 Å². The topological polar surface area (TPSA) is 117 Å². The number of rotatable bonds is 5. The first kappa shape index (κ1) is 20.9. The molecule has 4 amide bonds. The Hall–Kier alpha value is -1.87. The van der Waals surface area contributed by atoms with E-state index in [9.17, 15) is 14.4 Å². The lowest BCUT2D eigenvalue weighted by molar-refractivity contribution is -0.131. The van der Waals surface area contributed by atoms with Gasteiger partial charge in [-0.1, -0.05) is 32.1 Å². The number of nitrogens with zero attached hydrogens (tertiary/aromatic N) is 2. The number of carbonyl (C=O) groups is 3. The lowest BCUT2D eigenvalue weighted by Gasteiger charge is -2.40. The molecule has 0 radical (unpaired) electrons. The summed E-state index contributed by atoms with van der Waals surface area (Å²) in [7, 11) is 0. The predicted molar refractivity (Wildman–Crippen MR) is 103 cm³/mol. The molecule has 0 aromatic carbocycles. The van der Waals surface area contributed by atoms with Crippen molar-refractivity contribution in [3.8, 4) is 0 Å². The minimum atomic E-state index is -0.683. The Kier molecular flexibility index (Phi) is 7.50. The molecule has 0 bridgehead atoms. The van der Waals surface area contributed by atoms with Crippen molar-refractivity contribution in [3.63, 3.8) is 0 Å². The van der Waals surface area contributed by atoms with Crippen molar-refractivity contribution >= 4 is 17.8 Å². The molecule has 2 aliphatic heterocycles. The van der Waals surface area contributed by atoms with Crippen LogP contribution >= 0.6 is 0 Å². The number of urea groups is 1. The van der Waals surface area contributed by atoms with Crippen LogP contribution in [0, 0.1) is 5.92 Å². The maximum Gasteiger partial charge on any atom is 0.320 e. The molecule has 28 heavy (non-hydrogen) atoms. The molecule has 0 aromatic heterocycles. The Morgan fingerprint density at radius 1 is 1.11 bits per heavy atom. The van der Waals surface area contributed by atoms with Crippen molar-refractivity contribution in [2.24, 2.45) is 11.7 Å². The van der Waals surface area contributed by atoms with Gasteiger partial charge in [0.1, 0.15) is 12.1 Å². The molecule has 3 rings (SSSR count). The van der Waals surface area contributed by atoms with Crippen molar-refractivity contribution in [3.05, 3.63) is 0 Å². The van der Waals surface area contributed by atoms with Crippen LogP contribution in [0.2, 0.25) is 0 Å². The molecule has 2 atom stereocenters. The van der Waals surface area contributed by atoms with Crippen LogP contribution in [0.1, 0.15) is 38.5 Å². The summed E-state index contributed by atoms with van der Waals surface area (Å²) in [6.07, 6.45) is 6.30. The van der Waals surface area contributed by atoms with Crippen LogP contribution in [0.3, 0.4) is 0 Å². The van der Waals surface area contributed by atoms with Gasteiger partial charge in [0.05, 0.1) is 13.2 Å². The summed E-state index contributed by atoms with van der Waals surface area (Å²) in [4.78, 5) is 41.1. The van der Waals surface area contributed by atoms with E-state index in [0.29, 0.717) is 58.3 Å². The third kappa shape index (κ3) is 5.35. The van der Waals surface area contributed by atoms with Crippen molar-refractivity contribution in [2.75, 3.05) is 45.9 Å². The van der Waals surface area contributed by atoms with Crippen LogP contribution in [0.4, 0.5) is 4.79 Å². The average molecular weight is 396 g/mol. The van der Waals surface area contributed by atoms with E-state index >= 15 is 0 Å². The highest BCUT2D eigenvalue weighted by molar-refractivity contribution is 5.91. The zero-order valence-corrected chi connectivity index (χ0v) is 16.5. The van der Waals surface area contributed by atoms with Crippen molar-refractivity contribution < 1.29 is 19.1 Å². The predicted octanol–water partition coefficient (Wildman–Crippen LogP) is -0.347. The smallest absolute Gasteiger partial charge is 0.320 e. The summed E-state index contributed by atoms with van der Waals surface area (Å²) in [5.74, 6) is -0.399. The van der Waals surface area contributed by atoms with Crippen molar-refractivity contribution in [1.29, 1.82) is 0 Å². The summed E-state index contributed by atoms with van der Waals surface area (Å²) in [6.45, 7) is 3.56. The number of morpholine rings is 1. The molecule has 1 saturated carbocycles. The Labute approximate surface area is 166 Å². The minimum absolute atomic E-state index is 0.146. The number of nitrogens with two attached hydrogens (primary N) is 1. The highest BCUT2D eigenvalue weighted by Crippen LogP contribution is 2.27. The van der Waals surface area contributed by atoms with Gasteiger partial charge in [-0.05, 0) is 12.3 Å². The van der Waals surface area contributed by atoms with Crippen molar-refractivity contribution in [2.45, 2.75) is 50.6 Å². The van der Waals surface area contributed by atoms with Gasteiger partial charge in [-0.3, -0.25) is 9.59 Å². The lowest BCUT2D eigenvalue weighted by atomic mass is 9.84. The van der Waals surface area contributed by atoms with E-state index in [1.165, 1.54) is 19.3 Å². The molecule has 0 aromatic rings. The number of hydrogen-bond donors (Lipinski definition) is 3. The van der Waals surface area contributed by atoms with Gasteiger partial charge in [-0.2, -0.15) is 0 Å². The van der Waals surface area contributed by atoms with E-state index in [1.54, 1.807) is 9.80 Å². The first-order valence-corrected chi connectivity index (χ1v) is 10.5. The Bertz CT molecular complexity index is 561. The third-order valence-electron chi connectivity index (χ3n) is 6.03. The highest BCUT2D eigenvalue weighted by atomic mass is 16.5. The van der Waals surface area contributed by atoms with Gasteiger partial charge < -0.3 is 30.9 Å². The largest absolute Gasteiger partial charge is 0.378 e. The molecule has 2 saturated heterocycles. The molecule has 3 fully saturated rings. The van der Waals surface area contributed by atoms with Crippen LogP contribution < -0.4 is 16.4 Å². The zero-order chi connectivity index (χ0) is 19.9. The molecule has 4 N–H and O–H groups in total. The van der Waals surface area contributed by atoms with Gasteiger partial charge in [0.2, 0.25) is 11.8 Å². The summed E-state index contributed by atoms with van der Waals surface area (Å²) < 4.78 is 5.31. The first-order chi connectivity index (χ1) is 13.6. The molecule has 9 heteroatoms. The monoisotopic (exact) mass is 395 g/mol. The summed E-state index contributed by atoms with van der Waals surface area (Å²) in [6, 6.07) is -1.47. The second-order valence-corrected chi connectivity index (χ2v) is 8.00. The van der Waals surface area contributed by atoms with E-state index in [1.807, 2.05) is 0 Å². The van der Waals surface area contributed by atoms with Crippen LogP contribution in [-0.4, -0.2) is 85.7 Å². The van der Waals surface area contributed by atoms with Gasteiger partial charge in [-0.15, -0.1) is 0 Å². The van der Waals surface area contributed by atoms with Crippen LogP contribution in [-0.2, 0) is 14.3 Å². The molecule has 2 heterocycles. The number of nitrogens with one attached hydrogen (secondary N) is 2. The lowest BCUT2D eigenvalue weighted by Crippen LogP contribution is -2.64. The summed E-state index contributed by atoms with van der Waals surface area (Å²) >= 11 is 0. The molecule has 1 aliphatic carbocycles. The molecule has 2 unspecified atom stereocenters. The van der Waals surface area contributed by atoms with Crippen LogP contribution in [0.25, 0.3) is 0 Å². The third-order valence-corrected chi connectivity index (χ3v) is 6.03. The second-order valence-electron chi connectivity index (χ2n) is 8.00.